The van der Waals surface area contributed by atoms with Crippen LogP contribution >= 0.6 is 0 Å². The van der Waals surface area contributed by atoms with Crippen LogP contribution in [-0.4, -0.2) is 23.2 Å². The summed E-state index contributed by atoms with van der Waals surface area (Å²) < 4.78 is 53.1. The molecule has 2 aromatic heterocycles. The molecule has 3 heterocycles. The molecule has 0 bridgehead atoms. The van der Waals surface area contributed by atoms with E-state index < -0.39 is 17.7 Å². The van der Waals surface area contributed by atoms with Gasteiger partial charge < -0.3 is 14.8 Å². The number of halogens is 3. The van der Waals surface area contributed by atoms with Gasteiger partial charge in [0, 0.05) is 40.8 Å². The topological polar surface area (TPSA) is 56.3 Å². The quantitative estimate of drug-likeness (QED) is 0.475. The Morgan fingerprint density at radius 2 is 1.53 bits per heavy atom. The van der Waals surface area contributed by atoms with Gasteiger partial charge in [0.05, 0.1) is 18.8 Å². The van der Waals surface area contributed by atoms with Crippen molar-refractivity contribution in [2.45, 2.75) is 32.0 Å². The maximum Gasteiger partial charge on any atom is 0.416 e. The first kappa shape index (κ1) is 20.0. The fourth-order valence-electron chi connectivity index (χ4n) is 3.77. The standard InChI is InChI=1S/C22H20F3N3O2/c1-12(2)30-21-19-16(9-11-27-21)28-15-8-10-26-20(29-3)18(15)17(19)13-6-4-5-7-14(13)22(23,24)25/h4-12,17,28H,1-3H3. The van der Waals surface area contributed by atoms with E-state index in [1.54, 1.807) is 30.6 Å². The summed E-state index contributed by atoms with van der Waals surface area (Å²) in [5, 5.41) is 3.27. The minimum Gasteiger partial charge on any atom is -0.481 e. The van der Waals surface area contributed by atoms with Crippen molar-refractivity contribution in [2.24, 2.45) is 0 Å². The van der Waals surface area contributed by atoms with E-state index in [0.717, 1.165) is 6.07 Å². The molecule has 0 saturated heterocycles. The average Bonchev–Trinajstić information content (AvgIpc) is 2.71. The highest BCUT2D eigenvalue weighted by molar-refractivity contribution is 5.79. The first-order valence-electron chi connectivity index (χ1n) is 9.42. The Kier molecular flexibility index (Phi) is 5.01. The van der Waals surface area contributed by atoms with Gasteiger partial charge in [0.1, 0.15) is 0 Å². The molecule has 4 rings (SSSR count). The van der Waals surface area contributed by atoms with E-state index in [-0.39, 0.29) is 23.4 Å². The van der Waals surface area contributed by atoms with Crippen molar-refractivity contribution < 1.29 is 22.6 Å². The molecule has 1 aliphatic rings. The molecule has 30 heavy (non-hydrogen) atoms. The van der Waals surface area contributed by atoms with E-state index in [4.69, 9.17) is 9.47 Å². The van der Waals surface area contributed by atoms with Gasteiger partial charge in [-0.25, -0.2) is 9.97 Å². The van der Waals surface area contributed by atoms with Crippen LogP contribution in [-0.2, 0) is 6.18 Å². The summed E-state index contributed by atoms with van der Waals surface area (Å²) in [6.45, 7) is 3.68. The van der Waals surface area contributed by atoms with Gasteiger partial charge in [-0.1, -0.05) is 18.2 Å². The predicted octanol–water partition coefficient (Wildman–Crippen LogP) is 5.53. The highest BCUT2D eigenvalue weighted by Gasteiger charge is 2.40. The number of benzene rings is 1. The Hall–Kier alpha value is -3.29. The van der Waals surface area contributed by atoms with Crippen LogP contribution in [0.15, 0.2) is 48.8 Å². The van der Waals surface area contributed by atoms with Gasteiger partial charge in [-0.15, -0.1) is 0 Å². The third kappa shape index (κ3) is 3.42. The van der Waals surface area contributed by atoms with Crippen LogP contribution in [0.2, 0.25) is 0 Å². The van der Waals surface area contributed by atoms with Crippen molar-refractivity contribution in [2.75, 3.05) is 12.4 Å². The Labute approximate surface area is 171 Å². The number of nitrogens with zero attached hydrogens (tertiary/aromatic N) is 2. The lowest BCUT2D eigenvalue weighted by atomic mass is 9.80. The molecule has 156 valence electrons. The molecule has 0 aliphatic carbocycles. The first-order chi connectivity index (χ1) is 14.3. The number of anilines is 2. The van der Waals surface area contributed by atoms with Crippen molar-refractivity contribution in [3.63, 3.8) is 0 Å². The molecule has 1 aromatic carbocycles. The molecule has 5 nitrogen and oxygen atoms in total. The fourth-order valence-corrected chi connectivity index (χ4v) is 3.77. The predicted molar refractivity (Wildman–Crippen MR) is 106 cm³/mol. The number of alkyl halides is 3. The van der Waals surface area contributed by atoms with Crippen LogP contribution in [0.25, 0.3) is 0 Å². The summed E-state index contributed by atoms with van der Waals surface area (Å²) in [5.74, 6) is -0.319. The highest BCUT2D eigenvalue weighted by Crippen LogP contribution is 2.52. The maximum atomic E-state index is 13.9. The molecular formula is C22H20F3N3O2. The summed E-state index contributed by atoms with van der Waals surface area (Å²) >= 11 is 0. The molecule has 1 atom stereocenters. The van der Waals surface area contributed by atoms with E-state index in [0.29, 0.717) is 22.5 Å². The minimum atomic E-state index is -4.53. The minimum absolute atomic E-state index is 0.0851. The molecule has 3 aromatic rings. The second kappa shape index (κ2) is 7.51. The summed E-state index contributed by atoms with van der Waals surface area (Å²) in [7, 11) is 1.44. The van der Waals surface area contributed by atoms with Crippen molar-refractivity contribution in [1.82, 2.24) is 9.97 Å². The van der Waals surface area contributed by atoms with E-state index in [1.165, 1.54) is 19.2 Å². The smallest absolute Gasteiger partial charge is 0.416 e. The number of nitrogens with one attached hydrogen (secondary N) is 1. The molecule has 8 heteroatoms. The highest BCUT2D eigenvalue weighted by atomic mass is 19.4. The Morgan fingerprint density at radius 3 is 2.13 bits per heavy atom. The fraction of sp³-hybridized carbons (Fsp3) is 0.273. The van der Waals surface area contributed by atoms with Gasteiger partial charge in [0.25, 0.3) is 0 Å². The van der Waals surface area contributed by atoms with Gasteiger partial charge in [0.2, 0.25) is 11.8 Å². The summed E-state index contributed by atoms with van der Waals surface area (Å²) in [6, 6.07) is 8.97. The van der Waals surface area contributed by atoms with Crippen molar-refractivity contribution in [3.05, 3.63) is 71.0 Å². The second-order valence-electron chi connectivity index (χ2n) is 7.17. The molecule has 0 spiro atoms. The lowest BCUT2D eigenvalue weighted by Gasteiger charge is -2.32. The number of methoxy groups -OCH3 is 1. The number of rotatable bonds is 4. The number of ether oxygens (including phenoxy) is 2. The molecule has 0 amide bonds. The molecule has 0 radical (unpaired) electrons. The maximum absolute atomic E-state index is 13.9. The Balaban J connectivity index is 2.06. The lowest BCUT2D eigenvalue weighted by molar-refractivity contribution is -0.138. The van der Waals surface area contributed by atoms with Gasteiger partial charge in [-0.3, -0.25) is 0 Å². The van der Waals surface area contributed by atoms with Gasteiger partial charge in [-0.05, 0) is 37.6 Å². The Morgan fingerprint density at radius 1 is 0.933 bits per heavy atom. The number of aromatic nitrogens is 2. The van der Waals surface area contributed by atoms with E-state index in [2.05, 4.69) is 15.3 Å². The van der Waals surface area contributed by atoms with Crippen LogP contribution in [0.1, 0.15) is 42.0 Å². The van der Waals surface area contributed by atoms with Crippen LogP contribution < -0.4 is 14.8 Å². The van der Waals surface area contributed by atoms with Crippen LogP contribution in [0.4, 0.5) is 24.5 Å². The summed E-state index contributed by atoms with van der Waals surface area (Å²) in [4.78, 5) is 8.56. The number of fused-ring (bicyclic) bond motifs is 2. The van der Waals surface area contributed by atoms with Crippen LogP contribution in [0.3, 0.4) is 0 Å². The molecule has 1 aliphatic heterocycles. The summed E-state index contributed by atoms with van der Waals surface area (Å²) in [6.07, 6.45) is -1.62. The van der Waals surface area contributed by atoms with Crippen molar-refractivity contribution >= 4 is 11.4 Å². The van der Waals surface area contributed by atoms with Gasteiger partial charge in [-0.2, -0.15) is 13.2 Å². The molecule has 1 N–H and O–H groups in total. The van der Waals surface area contributed by atoms with E-state index in [1.807, 2.05) is 13.8 Å². The van der Waals surface area contributed by atoms with Crippen LogP contribution in [0.5, 0.6) is 11.8 Å². The lowest BCUT2D eigenvalue weighted by Crippen LogP contribution is -2.21. The number of hydrogen-bond acceptors (Lipinski definition) is 5. The third-order valence-corrected chi connectivity index (χ3v) is 4.87. The molecule has 0 saturated carbocycles. The van der Waals surface area contributed by atoms with E-state index in [9.17, 15) is 13.2 Å². The molecular weight excluding hydrogens is 395 g/mol. The number of pyridine rings is 2. The number of hydrogen-bond donors (Lipinski definition) is 1. The van der Waals surface area contributed by atoms with E-state index >= 15 is 0 Å². The van der Waals surface area contributed by atoms with Crippen molar-refractivity contribution in [3.8, 4) is 11.8 Å². The first-order valence-corrected chi connectivity index (χ1v) is 9.42. The Bertz CT molecular complexity index is 1080. The normalized spacial score (nSPS) is 15.2. The largest absolute Gasteiger partial charge is 0.481 e. The van der Waals surface area contributed by atoms with Gasteiger partial charge in [0.15, 0.2) is 0 Å². The zero-order valence-electron chi connectivity index (χ0n) is 16.6. The SMILES string of the molecule is COc1nccc2c1C(c1ccccc1C(F)(F)F)c1c(ccnc1OC(C)C)N2. The second-order valence-corrected chi connectivity index (χ2v) is 7.17. The average molecular weight is 415 g/mol. The summed E-state index contributed by atoms with van der Waals surface area (Å²) in [5.41, 5.74) is 1.63. The zero-order valence-corrected chi connectivity index (χ0v) is 16.6. The van der Waals surface area contributed by atoms with Crippen molar-refractivity contribution in [1.29, 1.82) is 0 Å². The third-order valence-electron chi connectivity index (χ3n) is 4.87. The van der Waals surface area contributed by atoms with Crippen LogP contribution in [0, 0.1) is 0 Å². The molecule has 1 unspecified atom stereocenters. The van der Waals surface area contributed by atoms with Gasteiger partial charge >= 0.3 is 6.18 Å². The monoisotopic (exact) mass is 415 g/mol. The molecule has 0 fully saturated rings. The zero-order chi connectivity index (χ0) is 21.5.